The number of nitro benzene ring substituents is 2. The van der Waals surface area contributed by atoms with Gasteiger partial charge in [-0.25, -0.2) is 16.8 Å². The van der Waals surface area contributed by atoms with Crippen LogP contribution in [-0.2, 0) is 20.2 Å². The predicted octanol–water partition coefficient (Wildman–Crippen LogP) is -3.02. The molecule has 0 spiro atoms. The van der Waals surface area contributed by atoms with Gasteiger partial charge in [0.15, 0.2) is 0 Å². The van der Waals surface area contributed by atoms with Gasteiger partial charge in [-0.3, -0.25) is 20.2 Å². The molecule has 0 aliphatic carbocycles. The first-order chi connectivity index (χ1) is 19.8. The second-order valence-electron chi connectivity index (χ2n) is 8.18. The van der Waals surface area contributed by atoms with E-state index in [9.17, 15) is 61.5 Å². The van der Waals surface area contributed by atoms with Crippen LogP contribution >= 0.6 is 0 Å². The van der Waals surface area contributed by atoms with E-state index in [0.29, 0.717) is 12.1 Å². The largest absolute Gasteiger partial charge is 1.00 e. The number of nitrogens with two attached hydrogens (primary N) is 1. The Morgan fingerprint density at radius 2 is 1.22 bits per heavy atom. The van der Waals surface area contributed by atoms with Gasteiger partial charge in [0.05, 0.1) is 42.5 Å². The Morgan fingerprint density at radius 1 is 0.689 bits per heavy atom. The zero-order valence-corrected chi connectivity index (χ0v) is 28.4. The minimum atomic E-state index is -5.02. The molecule has 0 unspecified atom stereocenters. The van der Waals surface area contributed by atoms with E-state index in [-0.39, 0.29) is 87.0 Å². The molecule has 23 heteroatoms. The van der Waals surface area contributed by atoms with E-state index in [2.05, 4.69) is 10.2 Å². The molecular weight excluding hydrogens is 668 g/mol. The molecule has 0 fully saturated rings. The molecule has 0 aliphatic heterocycles. The van der Waals surface area contributed by atoms with E-state index in [1.807, 2.05) is 0 Å². The summed E-state index contributed by atoms with van der Waals surface area (Å²) in [6.07, 6.45) is 0. The van der Waals surface area contributed by atoms with Gasteiger partial charge >= 0.3 is 64.8 Å². The molecule has 4 aromatic rings. The fraction of sp³-hybridized carbons (Fsp3) is 0. The molecule has 0 saturated carbocycles. The van der Waals surface area contributed by atoms with Crippen LogP contribution in [0.3, 0.4) is 0 Å². The van der Waals surface area contributed by atoms with Crippen molar-refractivity contribution in [2.45, 2.75) is 9.79 Å². The molecule has 19 nitrogen and oxygen atoms in total. The average Bonchev–Trinajstić information content (AvgIpc) is 2.88. The van der Waals surface area contributed by atoms with Gasteiger partial charge in [0.1, 0.15) is 43.2 Å². The van der Waals surface area contributed by atoms with Crippen molar-refractivity contribution in [1.29, 1.82) is 0 Å². The predicted molar refractivity (Wildman–Crippen MR) is 141 cm³/mol. The van der Waals surface area contributed by atoms with E-state index in [0.717, 1.165) is 30.3 Å². The average molecular weight is 683 g/mol. The molecule has 0 aliphatic rings. The van der Waals surface area contributed by atoms with Crippen LogP contribution in [0.5, 0.6) is 23.0 Å². The smallest absolute Gasteiger partial charge is 0.744 e. The maximum Gasteiger partial charge on any atom is 1.00 e. The van der Waals surface area contributed by atoms with Gasteiger partial charge in [0, 0.05) is 12.1 Å². The summed E-state index contributed by atoms with van der Waals surface area (Å²) >= 11 is 0. The number of fused-ring (bicyclic) bond motifs is 1. The first kappa shape index (κ1) is 39.4. The molecule has 0 atom stereocenters. The molecule has 45 heavy (non-hydrogen) atoms. The summed E-state index contributed by atoms with van der Waals surface area (Å²) < 4.78 is 68.0. The van der Waals surface area contributed by atoms with E-state index < -0.39 is 74.2 Å². The van der Waals surface area contributed by atoms with Crippen molar-refractivity contribution in [3.63, 3.8) is 0 Å². The first-order valence-electron chi connectivity index (χ1n) is 10.9. The molecule has 0 aromatic heterocycles. The minimum Gasteiger partial charge on any atom is -0.744 e. The number of benzene rings is 4. The topological polar surface area (TPSA) is 332 Å². The number of phenols is 4. The third-order valence-electron chi connectivity index (χ3n) is 5.27. The minimum absolute atomic E-state index is 0. The van der Waals surface area contributed by atoms with Gasteiger partial charge in [-0.2, -0.15) is 0 Å². The SMILES string of the molecule is Nc1cc([N+](=O)[O-])cc([N+](=O)[O-])c1O.O=S(=O)([O-])c1cc(O)c2c(N=Nc3ccc(O)cc3O)cc(S(=O)(=O)[O-])cc2c1.[Na+].[Na+]. The Labute approximate surface area is 296 Å². The molecule has 0 radical (unpaired) electrons. The fourth-order valence-electron chi connectivity index (χ4n) is 3.36. The van der Waals surface area contributed by atoms with Gasteiger partial charge in [-0.15, -0.1) is 10.2 Å². The Balaban J connectivity index is 0.000000538. The first-order valence-corrected chi connectivity index (χ1v) is 13.7. The number of hydrogen-bond donors (Lipinski definition) is 5. The van der Waals surface area contributed by atoms with Gasteiger partial charge in [-0.1, -0.05) is 0 Å². The van der Waals surface area contributed by atoms with Crippen LogP contribution < -0.4 is 64.8 Å². The number of nitrogen functional groups attached to an aromatic ring is 1. The number of anilines is 1. The van der Waals surface area contributed by atoms with E-state index in [4.69, 9.17) is 10.8 Å². The maximum absolute atomic E-state index is 11.4. The molecule has 0 bridgehead atoms. The van der Waals surface area contributed by atoms with E-state index >= 15 is 0 Å². The van der Waals surface area contributed by atoms with Crippen LogP contribution in [-0.4, -0.2) is 56.2 Å². The zero-order chi connectivity index (χ0) is 32.4. The van der Waals surface area contributed by atoms with Gasteiger partial charge in [0.2, 0.25) is 5.75 Å². The van der Waals surface area contributed by atoms with Crippen LogP contribution in [0.2, 0.25) is 0 Å². The monoisotopic (exact) mass is 683 g/mol. The van der Waals surface area contributed by atoms with Crippen molar-refractivity contribution in [3.8, 4) is 23.0 Å². The number of aromatic hydroxyl groups is 4. The second-order valence-corrected chi connectivity index (χ2v) is 10.9. The van der Waals surface area contributed by atoms with Crippen LogP contribution in [0, 0.1) is 20.2 Å². The van der Waals surface area contributed by atoms with Crippen LogP contribution in [0.1, 0.15) is 0 Å². The normalized spacial score (nSPS) is 11.2. The Morgan fingerprint density at radius 3 is 1.71 bits per heavy atom. The summed E-state index contributed by atoms with van der Waals surface area (Å²) in [4.78, 5) is 17.2. The molecule has 0 heterocycles. The van der Waals surface area contributed by atoms with E-state index in [1.165, 1.54) is 12.1 Å². The summed E-state index contributed by atoms with van der Waals surface area (Å²) in [5.41, 5.74) is 2.94. The summed E-state index contributed by atoms with van der Waals surface area (Å²) in [7, 11) is -10.0. The van der Waals surface area contributed by atoms with Crippen molar-refractivity contribution < 1.29 is 115 Å². The molecule has 0 saturated heterocycles. The van der Waals surface area contributed by atoms with Gasteiger partial charge < -0.3 is 35.3 Å². The number of hydrogen-bond acceptors (Lipinski definition) is 17. The zero-order valence-electron chi connectivity index (χ0n) is 22.8. The summed E-state index contributed by atoms with van der Waals surface area (Å²) in [5.74, 6) is -2.21. The quantitative estimate of drug-likeness (QED) is 0.0257. The number of nitrogens with zero attached hydrogens (tertiary/aromatic N) is 4. The van der Waals surface area contributed by atoms with Gasteiger partial charge in [0.25, 0.3) is 5.69 Å². The molecular formula is C22H15N5Na2O14S2. The third kappa shape index (κ3) is 9.67. The Hall–Kier alpha value is -3.64. The summed E-state index contributed by atoms with van der Waals surface area (Å²) in [6, 6.07) is 7.83. The van der Waals surface area contributed by atoms with Crippen molar-refractivity contribution in [1.82, 2.24) is 0 Å². The Kier molecular flexibility index (Phi) is 13.2. The standard InChI is InChI=1S/C16H12N2O9S2.C6H5N3O5.2Na/c19-9-1-2-12(14(20)5-9)17-18-13-6-10(28(22,23)24)3-8-4-11(29(25,26)27)7-15(21)16(8)13;7-4-1-3(8(11)12)2-5(6(4)10)9(13)14;;/h1-7,19-21H,(H,22,23,24)(H,25,26,27);1-2,10H,7H2;;/q;;2*+1/p-2. The number of azo groups is 1. The van der Waals surface area contributed by atoms with Crippen LogP contribution in [0.25, 0.3) is 10.8 Å². The van der Waals surface area contributed by atoms with Crippen molar-refractivity contribution in [3.05, 3.63) is 74.8 Å². The molecule has 6 N–H and O–H groups in total. The maximum atomic E-state index is 11.4. The number of non-ortho nitro benzene ring substituents is 1. The molecule has 0 amide bonds. The number of rotatable bonds is 6. The Bertz CT molecular complexity index is 2050. The summed E-state index contributed by atoms with van der Waals surface area (Å²) in [5, 5.41) is 65.8. The van der Waals surface area contributed by atoms with Gasteiger partial charge in [-0.05, 0) is 41.8 Å². The number of phenolic OH excluding ortho intramolecular Hbond substituents is 4. The molecule has 4 rings (SSSR count). The molecule has 226 valence electrons. The van der Waals surface area contributed by atoms with Crippen LogP contribution in [0.4, 0.5) is 28.4 Å². The van der Waals surface area contributed by atoms with Crippen molar-refractivity contribution in [2.24, 2.45) is 10.2 Å². The summed E-state index contributed by atoms with van der Waals surface area (Å²) in [6.45, 7) is 0. The van der Waals surface area contributed by atoms with Crippen molar-refractivity contribution >= 4 is 59.4 Å². The van der Waals surface area contributed by atoms with E-state index in [1.54, 1.807) is 0 Å². The molecule has 4 aromatic carbocycles. The van der Waals surface area contributed by atoms with Crippen molar-refractivity contribution in [2.75, 3.05) is 5.73 Å². The van der Waals surface area contributed by atoms with Crippen LogP contribution in [0.15, 0.2) is 74.6 Å². The number of nitro groups is 2. The third-order valence-corrected chi connectivity index (χ3v) is 6.89. The second kappa shape index (κ2) is 15.1. The fourth-order valence-corrected chi connectivity index (χ4v) is 4.41.